The summed E-state index contributed by atoms with van der Waals surface area (Å²) < 4.78 is 39.0. The fourth-order valence-corrected chi connectivity index (χ4v) is 8.39. The van der Waals surface area contributed by atoms with Gasteiger partial charge in [-0.1, -0.05) is 0 Å². The predicted molar refractivity (Wildman–Crippen MR) is 112 cm³/mol. The zero-order valence-electron chi connectivity index (χ0n) is 16.7. The van der Waals surface area contributed by atoms with Crippen molar-refractivity contribution in [1.29, 1.82) is 0 Å². The first-order chi connectivity index (χ1) is 13.9. The van der Waals surface area contributed by atoms with Gasteiger partial charge >= 0.3 is 0 Å². The van der Waals surface area contributed by atoms with Gasteiger partial charge in [-0.15, -0.1) is 11.3 Å². The van der Waals surface area contributed by atoms with E-state index in [4.69, 9.17) is 14.5 Å². The smallest absolute Gasteiger partial charge is 0.267 e. The highest BCUT2D eigenvalue weighted by Crippen LogP contribution is 2.60. The van der Waals surface area contributed by atoms with E-state index in [1.807, 2.05) is 0 Å². The van der Waals surface area contributed by atoms with Gasteiger partial charge in [0.1, 0.15) is 16.4 Å². The van der Waals surface area contributed by atoms with Crippen LogP contribution in [0.3, 0.4) is 0 Å². The van der Waals surface area contributed by atoms with E-state index in [0.717, 1.165) is 23.4 Å². The van der Waals surface area contributed by atoms with Gasteiger partial charge < -0.3 is 9.47 Å². The number of rotatable bonds is 6. The van der Waals surface area contributed by atoms with Gasteiger partial charge in [0, 0.05) is 16.9 Å². The Labute approximate surface area is 175 Å². The van der Waals surface area contributed by atoms with Crippen LogP contribution < -0.4 is 14.2 Å². The molecular formula is C21H26N2O4S2. The Hall–Kier alpha value is -1.80. The lowest BCUT2D eigenvalue weighted by Crippen LogP contribution is -2.48. The van der Waals surface area contributed by atoms with Crippen LogP contribution in [0.2, 0.25) is 0 Å². The van der Waals surface area contributed by atoms with Crippen molar-refractivity contribution < 1.29 is 17.9 Å². The number of sulfonamides is 1. The van der Waals surface area contributed by atoms with Crippen molar-refractivity contribution in [2.75, 3.05) is 18.9 Å². The molecule has 4 bridgehead atoms. The van der Waals surface area contributed by atoms with Crippen molar-refractivity contribution in [3.8, 4) is 11.5 Å². The molecular weight excluding hydrogens is 408 g/mol. The summed E-state index contributed by atoms with van der Waals surface area (Å²) in [7, 11) is -0.829. The van der Waals surface area contributed by atoms with Crippen molar-refractivity contribution >= 4 is 26.5 Å². The molecule has 4 aliphatic rings. The molecule has 6 rings (SSSR count). The van der Waals surface area contributed by atoms with E-state index in [2.05, 4.69) is 10.1 Å². The fraction of sp³-hybridized carbons (Fsp3) is 0.571. The average molecular weight is 435 g/mol. The van der Waals surface area contributed by atoms with Crippen LogP contribution in [0, 0.1) is 17.8 Å². The minimum Gasteiger partial charge on any atom is -0.497 e. The molecule has 4 fully saturated rings. The third kappa shape index (κ3) is 3.30. The third-order valence-corrected chi connectivity index (χ3v) is 9.23. The second kappa shape index (κ2) is 6.87. The Bertz CT molecular complexity index is 996. The van der Waals surface area contributed by atoms with Gasteiger partial charge in [0.2, 0.25) is 0 Å². The summed E-state index contributed by atoms with van der Waals surface area (Å²) in [6.07, 6.45) is 7.75. The summed E-state index contributed by atoms with van der Waals surface area (Å²) in [5, 5.41) is 2.49. The van der Waals surface area contributed by atoms with Crippen molar-refractivity contribution in [1.82, 2.24) is 4.98 Å². The molecule has 1 aromatic carbocycles. The van der Waals surface area contributed by atoms with Crippen LogP contribution in [0.15, 0.2) is 28.5 Å². The largest absolute Gasteiger partial charge is 0.497 e. The highest BCUT2D eigenvalue weighted by molar-refractivity contribution is 7.93. The molecule has 4 aliphatic carbocycles. The van der Waals surface area contributed by atoms with Gasteiger partial charge in [-0.2, -0.15) is 0 Å². The highest BCUT2D eigenvalue weighted by Gasteiger charge is 2.52. The van der Waals surface area contributed by atoms with Gasteiger partial charge in [0.15, 0.2) is 5.13 Å². The second-order valence-electron chi connectivity index (χ2n) is 8.86. The molecule has 1 heterocycles. The molecule has 0 radical (unpaired) electrons. The molecule has 1 aromatic heterocycles. The van der Waals surface area contributed by atoms with E-state index in [1.165, 1.54) is 70.1 Å². The molecule has 29 heavy (non-hydrogen) atoms. The topological polar surface area (TPSA) is 77.5 Å². The van der Waals surface area contributed by atoms with E-state index < -0.39 is 10.0 Å². The van der Waals surface area contributed by atoms with Crippen LogP contribution in [-0.4, -0.2) is 27.6 Å². The molecule has 1 N–H and O–H groups in total. The van der Waals surface area contributed by atoms with Crippen molar-refractivity contribution in [3.63, 3.8) is 0 Å². The lowest BCUT2D eigenvalue weighted by atomic mass is 9.49. The van der Waals surface area contributed by atoms with Gasteiger partial charge in [0.05, 0.1) is 19.9 Å². The van der Waals surface area contributed by atoms with Gasteiger partial charge in [-0.3, -0.25) is 4.72 Å². The monoisotopic (exact) mass is 434 g/mol. The predicted octanol–water partition coefficient (Wildman–Crippen LogP) is 4.43. The van der Waals surface area contributed by atoms with Crippen molar-refractivity contribution in [2.45, 2.75) is 48.8 Å². The molecule has 0 unspecified atom stereocenters. The Morgan fingerprint density at radius 1 is 1.07 bits per heavy atom. The SMILES string of the molecule is COc1ccc(S(=O)(=O)Nc2nc(C34CC5CC(CC(C5)C3)C4)cs2)c(OC)c1. The first kappa shape index (κ1) is 19.2. The standard InChI is InChI=1S/C21H26N2O4S2/c1-26-16-3-4-18(17(8-16)27-2)29(24,25)23-20-22-19(12-28-20)21-9-13-5-14(10-21)7-15(6-13)11-21/h3-4,8,12-15H,5-7,9-11H2,1-2H3,(H,22,23). The number of nitrogens with one attached hydrogen (secondary N) is 1. The summed E-state index contributed by atoms with van der Waals surface area (Å²) in [6.45, 7) is 0. The number of ether oxygens (including phenoxy) is 2. The lowest BCUT2D eigenvalue weighted by molar-refractivity contribution is -0.00688. The zero-order chi connectivity index (χ0) is 20.2. The molecule has 2 aromatic rings. The van der Waals surface area contributed by atoms with Crippen LogP contribution in [-0.2, 0) is 15.4 Å². The number of thiazole rings is 1. The molecule has 0 aliphatic heterocycles. The summed E-state index contributed by atoms with van der Waals surface area (Å²) in [5.74, 6) is 3.26. The summed E-state index contributed by atoms with van der Waals surface area (Å²) in [6, 6.07) is 4.67. The molecule has 156 valence electrons. The Kier molecular flexibility index (Phi) is 4.55. The number of nitrogens with zero attached hydrogens (tertiary/aromatic N) is 1. The van der Waals surface area contributed by atoms with Crippen LogP contribution in [0.5, 0.6) is 11.5 Å². The van der Waals surface area contributed by atoms with E-state index in [9.17, 15) is 8.42 Å². The average Bonchev–Trinajstić information content (AvgIpc) is 3.15. The maximum absolute atomic E-state index is 13.0. The van der Waals surface area contributed by atoms with E-state index in [0.29, 0.717) is 10.9 Å². The number of anilines is 1. The Balaban J connectivity index is 1.41. The number of benzene rings is 1. The molecule has 0 spiro atoms. The van der Waals surface area contributed by atoms with Gasteiger partial charge in [-0.25, -0.2) is 13.4 Å². The molecule has 0 amide bonds. The van der Waals surface area contributed by atoms with Crippen LogP contribution >= 0.6 is 11.3 Å². The minimum absolute atomic E-state index is 0.0763. The van der Waals surface area contributed by atoms with Crippen LogP contribution in [0.1, 0.15) is 44.2 Å². The molecule has 0 saturated heterocycles. The molecule has 6 nitrogen and oxygen atoms in total. The maximum Gasteiger partial charge on any atom is 0.267 e. The normalized spacial score (nSPS) is 30.3. The van der Waals surface area contributed by atoms with Crippen molar-refractivity contribution in [3.05, 3.63) is 29.3 Å². The van der Waals surface area contributed by atoms with Crippen LogP contribution in [0.25, 0.3) is 0 Å². The summed E-state index contributed by atoms with van der Waals surface area (Å²) in [4.78, 5) is 4.84. The summed E-state index contributed by atoms with van der Waals surface area (Å²) in [5.41, 5.74) is 1.24. The lowest BCUT2D eigenvalue weighted by Gasteiger charge is -2.56. The first-order valence-electron chi connectivity index (χ1n) is 10.1. The quantitative estimate of drug-likeness (QED) is 0.728. The first-order valence-corrected chi connectivity index (χ1v) is 12.5. The van der Waals surface area contributed by atoms with Crippen LogP contribution in [0.4, 0.5) is 5.13 Å². The van der Waals surface area contributed by atoms with E-state index in [-0.39, 0.29) is 16.1 Å². The fourth-order valence-electron chi connectivity index (χ4n) is 6.16. The number of methoxy groups -OCH3 is 2. The summed E-state index contributed by atoms with van der Waals surface area (Å²) >= 11 is 1.37. The van der Waals surface area contributed by atoms with Gasteiger partial charge in [-0.05, 0) is 68.4 Å². The molecule has 0 atom stereocenters. The highest BCUT2D eigenvalue weighted by atomic mass is 32.2. The second-order valence-corrected chi connectivity index (χ2v) is 11.4. The third-order valence-electron chi connectivity index (χ3n) is 6.97. The van der Waals surface area contributed by atoms with Gasteiger partial charge in [0.25, 0.3) is 10.0 Å². The molecule has 8 heteroatoms. The van der Waals surface area contributed by atoms with Crippen molar-refractivity contribution in [2.24, 2.45) is 17.8 Å². The molecule has 4 saturated carbocycles. The Morgan fingerprint density at radius 2 is 1.72 bits per heavy atom. The van der Waals surface area contributed by atoms with E-state index in [1.54, 1.807) is 12.1 Å². The number of hydrogen-bond acceptors (Lipinski definition) is 6. The number of hydrogen-bond donors (Lipinski definition) is 1. The van der Waals surface area contributed by atoms with E-state index >= 15 is 0 Å². The zero-order valence-corrected chi connectivity index (χ0v) is 18.3. The minimum atomic E-state index is -3.81. The Morgan fingerprint density at radius 3 is 2.31 bits per heavy atom. The number of aromatic nitrogens is 1. The maximum atomic E-state index is 13.0.